The van der Waals surface area contributed by atoms with Gasteiger partial charge >= 0.3 is 5.97 Å². The van der Waals surface area contributed by atoms with Crippen molar-refractivity contribution in [2.75, 3.05) is 9.66 Å². The van der Waals surface area contributed by atoms with Gasteiger partial charge in [-0.25, -0.2) is 9.78 Å². The summed E-state index contributed by atoms with van der Waals surface area (Å²) in [6, 6.07) is 23.1. The van der Waals surface area contributed by atoms with Gasteiger partial charge in [0.1, 0.15) is 5.60 Å². The molecule has 0 atom stereocenters. The Morgan fingerprint density at radius 1 is 0.938 bits per heavy atom. The Morgan fingerprint density at radius 2 is 1.59 bits per heavy atom. The third-order valence-corrected chi connectivity index (χ3v) is 5.46. The molecule has 32 heavy (non-hydrogen) atoms. The molecule has 0 radical (unpaired) electrons. The SMILES string of the molecule is CC(C)(C)OC(=O)c1ccc(-c2ccc3nc(N)nc(N(Br)c4ccccc4)c3c2)cc1. The van der Waals surface area contributed by atoms with Crippen molar-refractivity contribution in [2.45, 2.75) is 26.4 Å². The molecule has 0 aliphatic carbocycles. The van der Waals surface area contributed by atoms with E-state index in [-0.39, 0.29) is 11.9 Å². The Bertz CT molecular complexity index is 1270. The van der Waals surface area contributed by atoms with E-state index in [1.54, 1.807) is 12.1 Å². The normalized spacial score (nSPS) is 11.4. The van der Waals surface area contributed by atoms with Gasteiger partial charge in [0.2, 0.25) is 5.95 Å². The molecule has 0 amide bonds. The predicted octanol–water partition coefficient (Wildman–Crippen LogP) is 6.28. The molecule has 0 spiro atoms. The van der Waals surface area contributed by atoms with Crippen LogP contribution < -0.4 is 9.66 Å². The van der Waals surface area contributed by atoms with Gasteiger partial charge in [0, 0.05) is 5.39 Å². The van der Waals surface area contributed by atoms with Crippen molar-refractivity contribution < 1.29 is 9.53 Å². The number of para-hydroxylation sites is 1. The summed E-state index contributed by atoms with van der Waals surface area (Å²) in [6.45, 7) is 5.55. The zero-order valence-corrected chi connectivity index (χ0v) is 19.6. The molecular weight excluding hydrogens is 468 g/mol. The number of hydrogen-bond donors (Lipinski definition) is 1. The zero-order valence-electron chi connectivity index (χ0n) is 18.0. The number of nitrogens with zero attached hydrogens (tertiary/aromatic N) is 3. The van der Waals surface area contributed by atoms with Crippen LogP contribution in [0.15, 0.2) is 72.8 Å². The minimum absolute atomic E-state index is 0.197. The maximum Gasteiger partial charge on any atom is 0.338 e. The summed E-state index contributed by atoms with van der Waals surface area (Å²) in [7, 11) is 0. The van der Waals surface area contributed by atoms with Gasteiger partial charge < -0.3 is 10.5 Å². The average Bonchev–Trinajstić information content (AvgIpc) is 2.77. The maximum absolute atomic E-state index is 12.3. The van der Waals surface area contributed by atoms with E-state index in [4.69, 9.17) is 10.5 Å². The first kappa shape index (κ1) is 21.8. The fourth-order valence-corrected chi connectivity index (χ4v) is 3.78. The Morgan fingerprint density at radius 3 is 2.25 bits per heavy atom. The minimum Gasteiger partial charge on any atom is -0.456 e. The van der Waals surface area contributed by atoms with Crippen LogP contribution in [0, 0.1) is 0 Å². The van der Waals surface area contributed by atoms with Crippen molar-refractivity contribution >= 4 is 50.5 Å². The van der Waals surface area contributed by atoms with Crippen molar-refractivity contribution in [1.29, 1.82) is 0 Å². The highest BCUT2D eigenvalue weighted by atomic mass is 79.9. The highest BCUT2D eigenvalue weighted by Crippen LogP contribution is 2.35. The van der Waals surface area contributed by atoms with Crippen LogP contribution in [-0.4, -0.2) is 21.5 Å². The smallest absolute Gasteiger partial charge is 0.338 e. The van der Waals surface area contributed by atoms with Gasteiger partial charge in [-0.15, -0.1) is 0 Å². The standard InChI is InChI=1S/C25H23BrN4O2/c1-25(2,3)32-23(31)17-11-9-16(10-12-17)18-13-14-21-20(15-18)22(29-24(27)28-21)30(26)19-7-5-4-6-8-19/h4-15H,1-3H3,(H2,27,28,29). The molecule has 7 heteroatoms. The van der Waals surface area contributed by atoms with Gasteiger partial charge in [0.15, 0.2) is 5.82 Å². The first-order valence-corrected chi connectivity index (χ1v) is 10.8. The number of halogens is 1. The summed E-state index contributed by atoms with van der Waals surface area (Å²) >= 11 is 3.62. The van der Waals surface area contributed by atoms with E-state index in [0.717, 1.165) is 27.7 Å². The first-order valence-electron chi connectivity index (χ1n) is 10.1. The van der Waals surface area contributed by atoms with Crippen LogP contribution in [0.4, 0.5) is 17.5 Å². The number of anilines is 3. The van der Waals surface area contributed by atoms with Crippen molar-refractivity contribution in [1.82, 2.24) is 9.97 Å². The topological polar surface area (TPSA) is 81.3 Å². The lowest BCUT2D eigenvalue weighted by Crippen LogP contribution is -2.23. The van der Waals surface area contributed by atoms with Gasteiger partial charge in [-0.1, -0.05) is 36.4 Å². The number of aromatic nitrogens is 2. The molecule has 1 aromatic heterocycles. The molecule has 6 nitrogen and oxygen atoms in total. The molecule has 162 valence electrons. The zero-order chi connectivity index (χ0) is 22.9. The van der Waals surface area contributed by atoms with E-state index in [2.05, 4.69) is 26.1 Å². The Labute approximate surface area is 195 Å². The second kappa shape index (κ2) is 8.59. The van der Waals surface area contributed by atoms with Crippen LogP contribution in [0.2, 0.25) is 0 Å². The van der Waals surface area contributed by atoms with E-state index >= 15 is 0 Å². The summed E-state index contributed by atoms with van der Waals surface area (Å²) < 4.78 is 7.25. The third-order valence-electron chi connectivity index (χ3n) is 4.71. The van der Waals surface area contributed by atoms with Crippen LogP contribution in [0.25, 0.3) is 22.0 Å². The fourth-order valence-electron chi connectivity index (χ4n) is 3.28. The van der Waals surface area contributed by atoms with Gasteiger partial charge in [0.25, 0.3) is 0 Å². The lowest BCUT2D eigenvalue weighted by atomic mass is 10.0. The number of hydrogen-bond acceptors (Lipinski definition) is 6. The molecule has 0 aliphatic heterocycles. The van der Waals surface area contributed by atoms with E-state index in [9.17, 15) is 4.79 Å². The summed E-state index contributed by atoms with van der Waals surface area (Å²) in [4.78, 5) is 21.2. The van der Waals surface area contributed by atoms with Crippen LogP contribution in [0.5, 0.6) is 0 Å². The monoisotopic (exact) mass is 490 g/mol. The maximum atomic E-state index is 12.3. The Kier molecular flexibility index (Phi) is 5.84. The number of benzene rings is 3. The summed E-state index contributed by atoms with van der Waals surface area (Å²) in [5, 5.41) is 0.841. The fraction of sp³-hybridized carbons (Fsp3) is 0.160. The molecule has 4 aromatic rings. The molecule has 0 aliphatic rings. The molecule has 0 saturated carbocycles. The Hall–Kier alpha value is -3.45. The van der Waals surface area contributed by atoms with Crippen LogP contribution >= 0.6 is 16.1 Å². The number of fused-ring (bicyclic) bond motifs is 1. The predicted molar refractivity (Wildman–Crippen MR) is 132 cm³/mol. The second-order valence-electron chi connectivity index (χ2n) is 8.33. The van der Waals surface area contributed by atoms with Crippen LogP contribution in [0.1, 0.15) is 31.1 Å². The van der Waals surface area contributed by atoms with Crippen LogP contribution in [0.3, 0.4) is 0 Å². The van der Waals surface area contributed by atoms with E-state index in [1.807, 2.05) is 85.4 Å². The lowest BCUT2D eigenvalue weighted by Gasteiger charge is -2.19. The summed E-state index contributed by atoms with van der Waals surface area (Å²) in [6.07, 6.45) is 0. The largest absolute Gasteiger partial charge is 0.456 e. The highest BCUT2D eigenvalue weighted by Gasteiger charge is 2.18. The number of carbonyl (C=O) groups is 1. The van der Waals surface area contributed by atoms with Gasteiger partial charge in [-0.3, -0.25) is 3.93 Å². The Balaban J connectivity index is 1.72. The third kappa shape index (κ3) is 4.73. The quantitative estimate of drug-likeness (QED) is 0.267. The molecule has 2 N–H and O–H groups in total. The molecule has 4 rings (SSSR count). The summed E-state index contributed by atoms with van der Waals surface area (Å²) in [5.74, 6) is 0.500. The molecular formula is C25H23BrN4O2. The number of nitrogen functional groups attached to an aromatic ring is 1. The summed E-state index contributed by atoms with van der Waals surface area (Å²) in [5.41, 5.74) is 9.52. The molecule has 0 saturated heterocycles. The number of rotatable bonds is 4. The van der Waals surface area contributed by atoms with Gasteiger partial charge in [-0.2, -0.15) is 4.98 Å². The van der Waals surface area contributed by atoms with Crippen molar-refractivity contribution in [3.63, 3.8) is 0 Å². The number of nitrogens with two attached hydrogens (primary N) is 1. The molecule has 0 fully saturated rings. The van der Waals surface area contributed by atoms with Gasteiger partial charge in [-0.05, 0) is 68.3 Å². The average molecular weight is 491 g/mol. The van der Waals surface area contributed by atoms with Crippen molar-refractivity contribution in [2.24, 2.45) is 0 Å². The number of esters is 1. The van der Waals surface area contributed by atoms with E-state index < -0.39 is 5.60 Å². The van der Waals surface area contributed by atoms with Crippen molar-refractivity contribution in [3.8, 4) is 11.1 Å². The molecule has 3 aromatic carbocycles. The number of ether oxygens (including phenoxy) is 1. The lowest BCUT2D eigenvalue weighted by molar-refractivity contribution is 0.00695. The second-order valence-corrected chi connectivity index (χ2v) is 9.04. The molecule has 0 unspecified atom stereocenters. The van der Waals surface area contributed by atoms with E-state index in [0.29, 0.717) is 11.4 Å². The van der Waals surface area contributed by atoms with Gasteiger partial charge in [0.05, 0.1) is 32.9 Å². The molecule has 0 bridgehead atoms. The van der Waals surface area contributed by atoms with Crippen LogP contribution in [-0.2, 0) is 4.74 Å². The van der Waals surface area contributed by atoms with E-state index in [1.165, 1.54) is 0 Å². The first-order chi connectivity index (χ1) is 15.2. The van der Waals surface area contributed by atoms with Crippen molar-refractivity contribution in [3.05, 3.63) is 78.4 Å². The highest BCUT2D eigenvalue weighted by molar-refractivity contribution is 9.10. The molecule has 1 heterocycles. The minimum atomic E-state index is -0.535. The number of carbonyl (C=O) groups excluding carboxylic acids is 1.